The molecule has 0 saturated carbocycles. The molecule has 2 aromatic heterocycles. The Hall–Kier alpha value is -1.42. The lowest BCUT2D eigenvalue weighted by atomic mass is 10.2. The molecule has 4 heteroatoms. The molecule has 0 bridgehead atoms. The van der Waals surface area contributed by atoms with E-state index in [1.165, 1.54) is 6.42 Å². The average Bonchev–Trinajstić information content (AvgIpc) is 2.63. The Morgan fingerprint density at radius 1 is 1.31 bits per heavy atom. The van der Waals surface area contributed by atoms with Crippen LogP contribution in [0, 0.1) is 0 Å². The first-order valence-electron chi connectivity index (χ1n) is 5.78. The second-order valence-electron chi connectivity index (χ2n) is 4.05. The highest BCUT2D eigenvalue weighted by Crippen LogP contribution is 2.14. The minimum atomic E-state index is 0.784. The van der Waals surface area contributed by atoms with E-state index in [9.17, 15) is 0 Å². The third-order valence-corrected chi connectivity index (χ3v) is 2.88. The molecule has 0 aliphatic carbocycles. The molecule has 16 heavy (non-hydrogen) atoms. The number of nitrogens with two attached hydrogens (primary N) is 1. The highest BCUT2D eigenvalue weighted by Gasteiger charge is 2.06. The van der Waals surface area contributed by atoms with Gasteiger partial charge < -0.3 is 10.3 Å². The van der Waals surface area contributed by atoms with Gasteiger partial charge in [-0.1, -0.05) is 6.42 Å². The molecule has 0 aromatic carbocycles. The molecule has 2 N–H and O–H groups in total. The average molecular weight is 218 g/mol. The Morgan fingerprint density at radius 3 is 2.94 bits per heavy atom. The maximum absolute atomic E-state index is 5.47. The zero-order valence-corrected chi connectivity index (χ0v) is 9.69. The van der Waals surface area contributed by atoms with Gasteiger partial charge in [0.15, 0.2) is 0 Å². The third kappa shape index (κ3) is 2.22. The van der Waals surface area contributed by atoms with E-state index in [-0.39, 0.29) is 0 Å². The van der Waals surface area contributed by atoms with Gasteiger partial charge in [0.1, 0.15) is 5.82 Å². The predicted octanol–water partition coefficient (Wildman–Crippen LogP) is 1.64. The second kappa shape index (κ2) is 5.07. The summed E-state index contributed by atoms with van der Waals surface area (Å²) in [6, 6.07) is 1.96. The second-order valence-corrected chi connectivity index (χ2v) is 4.05. The van der Waals surface area contributed by atoms with Gasteiger partial charge in [0, 0.05) is 19.7 Å². The number of fused-ring (bicyclic) bond motifs is 1. The molecule has 0 saturated heterocycles. The number of hydrogen-bond donors (Lipinski definition) is 1. The molecular formula is C12H18N4. The van der Waals surface area contributed by atoms with Gasteiger partial charge in [-0.05, 0) is 25.5 Å². The van der Waals surface area contributed by atoms with Crippen LogP contribution in [0.4, 0.5) is 0 Å². The molecular weight excluding hydrogens is 200 g/mol. The first-order chi connectivity index (χ1) is 7.83. The maximum Gasteiger partial charge on any atom is 0.109 e. The number of aryl methyl sites for hydroxylation is 2. The summed E-state index contributed by atoms with van der Waals surface area (Å²) in [4.78, 5) is 8.72. The highest BCUT2D eigenvalue weighted by molar-refractivity contribution is 5.74. The van der Waals surface area contributed by atoms with E-state index in [1.807, 2.05) is 12.3 Å². The van der Waals surface area contributed by atoms with Gasteiger partial charge in [0.25, 0.3) is 0 Å². The number of rotatable bonds is 5. The number of hydrogen-bond acceptors (Lipinski definition) is 3. The molecule has 0 spiro atoms. The van der Waals surface area contributed by atoms with Crippen LogP contribution in [0.3, 0.4) is 0 Å². The fourth-order valence-electron chi connectivity index (χ4n) is 1.91. The van der Waals surface area contributed by atoms with Gasteiger partial charge in [0.2, 0.25) is 0 Å². The largest absolute Gasteiger partial charge is 0.330 e. The minimum Gasteiger partial charge on any atom is -0.330 e. The van der Waals surface area contributed by atoms with Crippen molar-refractivity contribution in [3.63, 3.8) is 0 Å². The van der Waals surface area contributed by atoms with Crippen molar-refractivity contribution in [2.75, 3.05) is 6.54 Å². The molecule has 2 heterocycles. The lowest BCUT2D eigenvalue weighted by molar-refractivity contribution is 0.656. The zero-order chi connectivity index (χ0) is 11.4. The van der Waals surface area contributed by atoms with Gasteiger partial charge in [-0.15, -0.1) is 0 Å². The first kappa shape index (κ1) is 11.1. The molecule has 0 fully saturated rings. The van der Waals surface area contributed by atoms with Crippen LogP contribution in [0.5, 0.6) is 0 Å². The lowest BCUT2D eigenvalue weighted by Crippen LogP contribution is -2.01. The molecule has 2 rings (SSSR count). The van der Waals surface area contributed by atoms with Gasteiger partial charge in [-0.2, -0.15) is 0 Å². The van der Waals surface area contributed by atoms with Crippen LogP contribution in [0.1, 0.15) is 25.1 Å². The summed E-state index contributed by atoms with van der Waals surface area (Å²) in [5, 5.41) is 0. The molecule has 0 unspecified atom stereocenters. The van der Waals surface area contributed by atoms with Crippen LogP contribution < -0.4 is 5.73 Å². The number of imidazole rings is 1. The standard InChI is InChI=1S/C12H18N4/c1-16-11-9-14-8-6-10(11)15-12(16)5-3-2-4-7-13/h6,8-9H,2-5,7,13H2,1H3. The molecule has 0 radical (unpaired) electrons. The fraction of sp³-hybridized carbons (Fsp3) is 0.500. The van der Waals surface area contributed by atoms with Crippen molar-refractivity contribution in [1.29, 1.82) is 0 Å². The van der Waals surface area contributed by atoms with Crippen LogP contribution in [-0.2, 0) is 13.5 Å². The molecule has 86 valence electrons. The Balaban J connectivity index is 2.09. The minimum absolute atomic E-state index is 0.784. The van der Waals surface area contributed by atoms with E-state index in [4.69, 9.17) is 5.73 Å². The molecule has 0 aliphatic heterocycles. The van der Waals surface area contributed by atoms with E-state index >= 15 is 0 Å². The van der Waals surface area contributed by atoms with Crippen molar-refractivity contribution in [1.82, 2.24) is 14.5 Å². The van der Waals surface area contributed by atoms with Gasteiger partial charge in [-0.3, -0.25) is 4.98 Å². The Morgan fingerprint density at radius 2 is 2.19 bits per heavy atom. The normalized spacial score (nSPS) is 11.1. The monoisotopic (exact) mass is 218 g/mol. The molecule has 4 nitrogen and oxygen atoms in total. The van der Waals surface area contributed by atoms with Crippen molar-refractivity contribution >= 4 is 11.0 Å². The summed E-state index contributed by atoms with van der Waals surface area (Å²) in [5.41, 5.74) is 7.61. The van der Waals surface area contributed by atoms with E-state index < -0.39 is 0 Å². The fourth-order valence-corrected chi connectivity index (χ4v) is 1.91. The van der Waals surface area contributed by atoms with Crippen LogP contribution in [0.2, 0.25) is 0 Å². The Kier molecular flexibility index (Phi) is 3.51. The summed E-state index contributed by atoms with van der Waals surface area (Å²) >= 11 is 0. The number of nitrogens with zero attached hydrogens (tertiary/aromatic N) is 3. The molecule has 0 amide bonds. The van der Waals surface area contributed by atoms with Crippen LogP contribution in [0.25, 0.3) is 11.0 Å². The quantitative estimate of drug-likeness (QED) is 0.776. The van der Waals surface area contributed by atoms with E-state index in [1.54, 1.807) is 6.20 Å². The topological polar surface area (TPSA) is 56.7 Å². The highest BCUT2D eigenvalue weighted by atomic mass is 15.1. The molecule has 2 aromatic rings. The Labute approximate surface area is 95.5 Å². The van der Waals surface area contributed by atoms with Crippen molar-refractivity contribution in [2.24, 2.45) is 12.8 Å². The van der Waals surface area contributed by atoms with E-state index in [0.717, 1.165) is 42.7 Å². The van der Waals surface area contributed by atoms with E-state index in [0.29, 0.717) is 0 Å². The maximum atomic E-state index is 5.47. The summed E-state index contributed by atoms with van der Waals surface area (Å²) in [5.74, 6) is 1.14. The van der Waals surface area contributed by atoms with Crippen molar-refractivity contribution in [2.45, 2.75) is 25.7 Å². The van der Waals surface area contributed by atoms with Gasteiger partial charge in [0.05, 0.1) is 17.2 Å². The third-order valence-electron chi connectivity index (χ3n) is 2.88. The predicted molar refractivity (Wildman–Crippen MR) is 65.1 cm³/mol. The van der Waals surface area contributed by atoms with Crippen LogP contribution in [0.15, 0.2) is 18.5 Å². The van der Waals surface area contributed by atoms with Crippen LogP contribution in [-0.4, -0.2) is 21.1 Å². The SMILES string of the molecule is Cn1c(CCCCCN)nc2ccncc21. The van der Waals surface area contributed by atoms with E-state index in [2.05, 4.69) is 21.6 Å². The van der Waals surface area contributed by atoms with Crippen molar-refractivity contribution in [3.05, 3.63) is 24.3 Å². The smallest absolute Gasteiger partial charge is 0.109 e. The van der Waals surface area contributed by atoms with Crippen molar-refractivity contribution < 1.29 is 0 Å². The van der Waals surface area contributed by atoms with Crippen LogP contribution >= 0.6 is 0 Å². The lowest BCUT2D eigenvalue weighted by Gasteiger charge is -2.01. The molecule has 0 aliphatic rings. The summed E-state index contributed by atoms with van der Waals surface area (Å²) < 4.78 is 2.13. The summed E-state index contributed by atoms with van der Waals surface area (Å²) in [6.07, 6.45) is 8.11. The Bertz CT molecular complexity index is 461. The zero-order valence-electron chi connectivity index (χ0n) is 9.69. The van der Waals surface area contributed by atoms with Crippen molar-refractivity contribution in [3.8, 4) is 0 Å². The van der Waals surface area contributed by atoms with Gasteiger partial charge >= 0.3 is 0 Å². The van der Waals surface area contributed by atoms with Gasteiger partial charge in [-0.25, -0.2) is 4.98 Å². The number of aromatic nitrogens is 3. The number of pyridine rings is 1. The first-order valence-corrected chi connectivity index (χ1v) is 5.78. The summed E-state index contributed by atoms with van der Waals surface area (Å²) in [7, 11) is 2.05. The molecule has 0 atom stereocenters. The number of unbranched alkanes of at least 4 members (excludes halogenated alkanes) is 2. The summed E-state index contributed by atoms with van der Waals surface area (Å²) in [6.45, 7) is 0.784.